The molecule has 4 rings (SSSR count). The highest BCUT2D eigenvalue weighted by Gasteiger charge is 2.29. The predicted octanol–water partition coefficient (Wildman–Crippen LogP) is 3.07. The molecule has 1 fully saturated rings. The van der Waals surface area contributed by atoms with E-state index in [0.29, 0.717) is 17.4 Å². The van der Waals surface area contributed by atoms with Crippen molar-refractivity contribution in [2.24, 2.45) is 0 Å². The Balaban J connectivity index is 1.39. The number of nitrogens with zero attached hydrogens (tertiary/aromatic N) is 4. The number of benzene rings is 1. The monoisotopic (exact) mass is 370 g/mol. The van der Waals surface area contributed by atoms with Crippen molar-refractivity contribution < 1.29 is 4.79 Å². The molecule has 1 saturated heterocycles. The molecule has 1 aliphatic carbocycles. The molecule has 1 aromatic carbocycles. The molecule has 26 heavy (non-hydrogen) atoms. The zero-order valence-electron chi connectivity index (χ0n) is 15.0. The minimum Gasteiger partial charge on any atom is -0.353 e. The summed E-state index contributed by atoms with van der Waals surface area (Å²) in [4.78, 5) is 25.9. The molecule has 0 radical (unpaired) electrons. The first-order chi connectivity index (χ1) is 12.6. The maximum Gasteiger partial charge on any atom is 0.227 e. The Kier molecular flexibility index (Phi) is 4.81. The van der Waals surface area contributed by atoms with Crippen molar-refractivity contribution in [3.63, 3.8) is 0 Å². The van der Waals surface area contributed by atoms with E-state index in [9.17, 15) is 4.79 Å². The molecule has 0 saturated carbocycles. The molecule has 1 atom stereocenters. The number of hydrogen-bond acceptors (Lipinski definition) is 4. The summed E-state index contributed by atoms with van der Waals surface area (Å²) in [6.07, 6.45) is 4.31. The Bertz CT molecular complexity index is 800. The summed E-state index contributed by atoms with van der Waals surface area (Å²) in [5.41, 5.74) is 3.52. The van der Waals surface area contributed by atoms with Gasteiger partial charge in [0.25, 0.3) is 0 Å². The second-order valence-corrected chi connectivity index (χ2v) is 7.60. The summed E-state index contributed by atoms with van der Waals surface area (Å²) < 4.78 is 0. The van der Waals surface area contributed by atoms with Gasteiger partial charge in [0.15, 0.2) is 0 Å². The molecule has 0 spiro atoms. The smallest absolute Gasteiger partial charge is 0.227 e. The van der Waals surface area contributed by atoms with Crippen LogP contribution in [0.1, 0.15) is 36.1 Å². The van der Waals surface area contributed by atoms with Gasteiger partial charge >= 0.3 is 0 Å². The number of amides is 1. The maximum absolute atomic E-state index is 12.6. The van der Waals surface area contributed by atoms with Crippen LogP contribution in [-0.2, 0) is 17.6 Å². The number of rotatable bonds is 3. The molecule has 5 nitrogen and oxygen atoms in total. The van der Waals surface area contributed by atoms with E-state index in [1.165, 1.54) is 11.3 Å². The molecule has 6 heteroatoms. The maximum atomic E-state index is 12.6. The molecular formula is C20H23ClN4O. The van der Waals surface area contributed by atoms with Crippen molar-refractivity contribution in [3.05, 3.63) is 52.4 Å². The largest absolute Gasteiger partial charge is 0.353 e. The van der Waals surface area contributed by atoms with Gasteiger partial charge in [0.1, 0.15) is 12.1 Å². The molecule has 2 heterocycles. The van der Waals surface area contributed by atoms with Crippen molar-refractivity contribution in [2.45, 2.75) is 32.1 Å². The number of fused-ring (bicyclic) bond motifs is 1. The van der Waals surface area contributed by atoms with Crippen molar-refractivity contribution in [3.8, 4) is 0 Å². The fourth-order valence-electron chi connectivity index (χ4n) is 3.93. The highest BCUT2D eigenvalue weighted by atomic mass is 35.5. The minimum atomic E-state index is 0.174. The number of carbonyl (C=O) groups is 1. The van der Waals surface area contributed by atoms with E-state index in [0.717, 1.165) is 50.4 Å². The molecule has 1 aromatic heterocycles. The van der Waals surface area contributed by atoms with Gasteiger partial charge in [-0.2, -0.15) is 0 Å². The Labute approximate surface area is 159 Å². The van der Waals surface area contributed by atoms with E-state index in [1.54, 1.807) is 6.33 Å². The molecule has 2 aromatic rings. The van der Waals surface area contributed by atoms with Gasteiger partial charge in [-0.05, 0) is 36.5 Å². The van der Waals surface area contributed by atoms with Crippen LogP contribution in [0.5, 0.6) is 0 Å². The summed E-state index contributed by atoms with van der Waals surface area (Å²) in [6, 6.07) is 7.50. The van der Waals surface area contributed by atoms with Gasteiger partial charge in [0, 0.05) is 42.5 Å². The number of piperazine rings is 1. The van der Waals surface area contributed by atoms with Crippen molar-refractivity contribution in [2.75, 3.05) is 31.1 Å². The first-order valence-corrected chi connectivity index (χ1v) is 9.60. The van der Waals surface area contributed by atoms with Gasteiger partial charge in [0.2, 0.25) is 5.91 Å². The molecule has 0 bridgehead atoms. The highest BCUT2D eigenvalue weighted by Crippen LogP contribution is 2.37. The summed E-state index contributed by atoms with van der Waals surface area (Å²) in [7, 11) is 0. The number of aromatic nitrogens is 2. The fraction of sp³-hybridized carbons (Fsp3) is 0.450. The second kappa shape index (κ2) is 7.23. The van der Waals surface area contributed by atoms with Gasteiger partial charge in [-0.3, -0.25) is 4.79 Å². The number of aryl methyl sites for hydroxylation is 1. The topological polar surface area (TPSA) is 49.3 Å². The van der Waals surface area contributed by atoms with Crippen LogP contribution < -0.4 is 4.90 Å². The van der Waals surface area contributed by atoms with Crippen LogP contribution in [0.15, 0.2) is 30.6 Å². The van der Waals surface area contributed by atoms with Crippen molar-refractivity contribution >= 4 is 23.3 Å². The first-order valence-electron chi connectivity index (χ1n) is 9.23. The third-order valence-electron chi connectivity index (χ3n) is 5.45. The van der Waals surface area contributed by atoms with E-state index < -0.39 is 0 Å². The zero-order valence-corrected chi connectivity index (χ0v) is 15.7. The van der Waals surface area contributed by atoms with Gasteiger partial charge in [-0.25, -0.2) is 9.97 Å². The van der Waals surface area contributed by atoms with Crippen LogP contribution in [0.3, 0.4) is 0 Å². The van der Waals surface area contributed by atoms with E-state index in [-0.39, 0.29) is 5.91 Å². The molecule has 1 amide bonds. The quantitative estimate of drug-likeness (QED) is 0.833. The fourth-order valence-corrected chi connectivity index (χ4v) is 4.06. The summed E-state index contributed by atoms with van der Waals surface area (Å²) in [6.45, 7) is 5.37. The van der Waals surface area contributed by atoms with Gasteiger partial charge < -0.3 is 9.80 Å². The van der Waals surface area contributed by atoms with Crippen LogP contribution in [0, 0.1) is 0 Å². The van der Waals surface area contributed by atoms with Crippen molar-refractivity contribution in [1.29, 1.82) is 0 Å². The number of hydrogen-bond donors (Lipinski definition) is 0. The minimum absolute atomic E-state index is 0.174. The predicted molar refractivity (Wildman–Crippen MR) is 103 cm³/mol. The number of anilines is 1. The lowest BCUT2D eigenvalue weighted by atomic mass is 10.1. The van der Waals surface area contributed by atoms with Crippen molar-refractivity contribution in [1.82, 2.24) is 14.9 Å². The first kappa shape index (κ1) is 17.3. The average Bonchev–Trinajstić information content (AvgIpc) is 3.05. The highest BCUT2D eigenvalue weighted by molar-refractivity contribution is 6.30. The average molecular weight is 371 g/mol. The molecule has 2 aliphatic rings. The Morgan fingerprint density at radius 3 is 2.62 bits per heavy atom. The van der Waals surface area contributed by atoms with Gasteiger partial charge in [-0.1, -0.05) is 30.7 Å². The Morgan fingerprint density at radius 1 is 1.15 bits per heavy atom. The van der Waals surface area contributed by atoms with Gasteiger partial charge in [0.05, 0.1) is 6.42 Å². The molecule has 136 valence electrons. The number of halogens is 1. The normalized spacial score (nSPS) is 19.5. The van der Waals surface area contributed by atoms with Crippen LogP contribution in [0.25, 0.3) is 0 Å². The zero-order chi connectivity index (χ0) is 18.1. The Morgan fingerprint density at radius 2 is 1.88 bits per heavy atom. The van der Waals surface area contributed by atoms with E-state index >= 15 is 0 Å². The summed E-state index contributed by atoms with van der Waals surface area (Å²) in [5, 5.41) is 0.696. The molecule has 0 N–H and O–H groups in total. The van der Waals surface area contributed by atoms with Crippen LogP contribution in [0.4, 0.5) is 5.82 Å². The second-order valence-electron chi connectivity index (χ2n) is 7.17. The summed E-state index contributed by atoms with van der Waals surface area (Å²) in [5.74, 6) is 1.77. The molecule has 1 aliphatic heterocycles. The third-order valence-corrected chi connectivity index (χ3v) is 5.70. The molecule has 1 unspecified atom stereocenters. The number of carbonyl (C=O) groups excluding carboxylic acids is 1. The van der Waals surface area contributed by atoms with Crippen LogP contribution in [-0.4, -0.2) is 47.0 Å². The Hall–Kier alpha value is -2.14. The van der Waals surface area contributed by atoms with E-state index in [4.69, 9.17) is 11.6 Å². The lowest BCUT2D eigenvalue weighted by molar-refractivity contribution is -0.130. The summed E-state index contributed by atoms with van der Waals surface area (Å²) >= 11 is 5.91. The van der Waals surface area contributed by atoms with Crippen LogP contribution in [0.2, 0.25) is 5.02 Å². The van der Waals surface area contributed by atoms with Gasteiger partial charge in [-0.15, -0.1) is 0 Å². The standard InChI is InChI=1S/C20H23ClN4O/c1-14-2-7-17-19(14)20(23-13-22-17)25-10-8-24(9-11-25)18(26)12-15-3-5-16(21)6-4-15/h3-6,13-14H,2,7-12H2,1H3. The van der Waals surface area contributed by atoms with E-state index in [2.05, 4.69) is 21.8 Å². The lowest BCUT2D eigenvalue weighted by Gasteiger charge is -2.36. The molecular weight excluding hydrogens is 348 g/mol. The third kappa shape index (κ3) is 3.40. The SMILES string of the molecule is CC1CCc2ncnc(N3CCN(C(=O)Cc4ccc(Cl)cc4)CC3)c21. The lowest BCUT2D eigenvalue weighted by Crippen LogP contribution is -2.49. The van der Waals surface area contributed by atoms with E-state index in [1.807, 2.05) is 29.2 Å². The van der Waals surface area contributed by atoms with Crippen LogP contribution >= 0.6 is 11.6 Å².